The van der Waals surface area contributed by atoms with Crippen molar-refractivity contribution in [1.82, 2.24) is 15.5 Å². The van der Waals surface area contributed by atoms with Crippen LogP contribution < -0.4 is 11.1 Å². The Bertz CT molecular complexity index is 678. The second kappa shape index (κ2) is 6.68. The highest BCUT2D eigenvalue weighted by atomic mass is 35.5. The second-order valence-electron chi connectivity index (χ2n) is 5.89. The second-order valence-corrected chi connectivity index (χ2v) is 6.32. The molecule has 1 saturated carbocycles. The molecule has 0 atom stereocenters. The summed E-state index contributed by atoms with van der Waals surface area (Å²) >= 11 is 5.85. The molecule has 0 radical (unpaired) electrons. The molecular formula is C16H19ClN4O2. The molecule has 1 aliphatic rings. The lowest BCUT2D eigenvalue weighted by Crippen LogP contribution is -2.52. The van der Waals surface area contributed by atoms with E-state index < -0.39 is 5.54 Å². The third-order valence-electron chi connectivity index (χ3n) is 4.14. The molecule has 0 bridgehead atoms. The minimum atomic E-state index is -0.705. The van der Waals surface area contributed by atoms with E-state index in [1.807, 2.05) is 12.1 Å². The topological polar surface area (TPSA) is 94.0 Å². The van der Waals surface area contributed by atoms with Crippen LogP contribution in [-0.2, 0) is 11.2 Å². The van der Waals surface area contributed by atoms with Gasteiger partial charge in [0.15, 0.2) is 0 Å². The van der Waals surface area contributed by atoms with E-state index in [4.69, 9.17) is 21.9 Å². The fourth-order valence-corrected chi connectivity index (χ4v) is 2.89. The predicted molar refractivity (Wildman–Crippen MR) is 86.8 cm³/mol. The number of halogens is 1. The van der Waals surface area contributed by atoms with Gasteiger partial charge in [0.05, 0.1) is 5.54 Å². The number of nitrogens with one attached hydrogen (secondary N) is 1. The summed E-state index contributed by atoms with van der Waals surface area (Å²) in [4.78, 5) is 16.4. The van der Waals surface area contributed by atoms with Crippen molar-refractivity contribution >= 4 is 17.5 Å². The summed E-state index contributed by atoms with van der Waals surface area (Å²) in [6, 6.07) is 7.21. The van der Waals surface area contributed by atoms with Crippen LogP contribution in [-0.4, -0.2) is 28.1 Å². The molecule has 1 fully saturated rings. The minimum absolute atomic E-state index is 0.0903. The Morgan fingerprint density at radius 2 is 2.00 bits per heavy atom. The van der Waals surface area contributed by atoms with E-state index in [0.717, 1.165) is 31.2 Å². The van der Waals surface area contributed by atoms with Crippen LogP contribution in [0.2, 0.25) is 5.02 Å². The first-order valence-corrected chi connectivity index (χ1v) is 8.10. The monoisotopic (exact) mass is 334 g/mol. The number of nitrogens with zero attached hydrogens (tertiary/aromatic N) is 2. The summed E-state index contributed by atoms with van der Waals surface area (Å²) in [6.07, 6.45) is 4.00. The average molecular weight is 335 g/mol. The van der Waals surface area contributed by atoms with Crippen molar-refractivity contribution in [3.05, 3.63) is 35.2 Å². The van der Waals surface area contributed by atoms with E-state index in [2.05, 4.69) is 15.5 Å². The largest absolute Gasteiger partial charge is 0.354 e. The molecule has 0 aliphatic heterocycles. The Morgan fingerprint density at radius 1 is 1.30 bits per heavy atom. The predicted octanol–water partition coefficient (Wildman–Crippen LogP) is 2.32. The van der Waals surface area contributed by atoms with E-state index in [1.54, 1.807) is 12.1 Å². The molecule has 1 aliphatic carbocycles. The minimum Gasteiger partial charge on any atom is -0.354 e. The van der Waals surface area contributed by atoms with Crippen molar-refractivity contribution in [3.8, 4) is 11.4 Å². The van der Waals surface area contributed by atoms with Gasteiger partial charge in [-0.25, -0.2) is 0 Å². The number of amides is 1. The average Bonchev–Trinajstić information content (AvgIpc) is 3.18. The van der Waals surface area contributed by atoms with Crippen molar-refractivity contribution in [3.63, 3.8) is 0 Å². The van der Waals surface area contributed by atoms with Crippen molar-refractivity contribution in [1.29, 1.82) is 0 Å². The number of nitrogens with two attached hydrogens (primary N) is 1. The molecule has 23 heavy (non-hydrogen) atoms. The van der Waals surface area contributed by atoms with Gasteiger partial charge in [0.2, 0.25) is 17.6 Å². The van der Waals surface area contributed by atoms with Crippen LogP contribution in [0.15, 0.2) is 28.8 Å². The SMILES string of the molecule is NC1(C(=O)NCCc2nc(-c3ccc(Cl)cc3)no2)CCCC1. The highest BCUT2D eigenvalue weighted by molar-refractivity contribution is 6.30. The molecule has 0 unspecified atom stereocenters. The van der Waals surface area contributed by atoms with Crippen LogP contribution in [0.5, 0.6) is 0 Å². The molecule has 122 valence electrons. The Hall–Kier alpha value is -1.92. The first-order valence-electron chi connectivity index (χ1n) is 7.72. The summed E-state index contributed by atoms with van der Waals surface area (Å²) in [7, 11) is 0. The first kappa shape index (κ1) is 16.0. The number of carbonyl (C=O) groups is 1. The van der Waals surface area contributed by atoms with Crippen molar-refractivity contribution in [2.75, 3.05) is 6.54 Å². The van der Waals surface area contributed by atoms with Crippen LogP contribution in [0.1, 0.15) is 31.6 Å². The molecule has 3 rings (SSSR count). The van der Waals surface area contributed by atoms with Crippen LogP contribution in [0.3, 0.4) is 0 Å². The van der Waals surface area contributed by atoms with Gasteiger partial charge in [0, 0.05) is 23.6 Å². The summed E-state index contributed by atoms with van der Waals surface area (Å²) in [5, 5.41) is 7.45. The smallest absolute Gasteiger partial charge is 0.240 e. The molecule has 1 amide bonds. The van der Waals surface area contributed by atoms with Gasteiger partial charge in [-0.3, -0.25) is 4.79 Å². The fraction of sp³-hybridized carbons (Fsp3) is 0.438. The maximum atomic E-state index is 12.1. The molecule has 3 N–H and O–H groups in total. The van der Waals surface area contributed by atoms with Gasteiger partial charge in [-0.05, 0) is 37.1 Å². The molecule has 1 aromatic heterocycles. The summed E-state index contributed by atoms with van der Waals surface area (Å²) in [5.41, 5.74) is 6.23. The summed E-state index contributed by atoms with van der Waals surface area (Å²) in [6.45, 7) is 0.431. The van der Waals surface area contributed by atoms with Crippen molar-refractivity contribution < 1.29 is 9.32 Å². The molecule has 1 aromatic carbocycles. The van der Waals surface area contributed by atoms with Crippen LogP contribution in [0.25, 0.3) is 11.4 Å². The summed E-state index contributed by atoms with van der Waals surface area (Å²) < 4.78 is 5.21. The highest BCUT2D eigenvalue weighted by Gasteiger charge is 2.36. The van der Waals surface area contributed by atoms with E-state index in [9.17, 15) is 4.79 Å². The number of benzene rings is 1. The number of rotatable bonds is 5. The lowest BCUT2D eigenvalue weighted by molar-refractivity contribution is -0.126. The van der Waals surface area contributed by atoms with E-state index in [1.165, 1.54) is 0 Å². The standard InChI is InChI=1S/C16H19ClN4O2/c17-12-5-3-11(4-6-12)14-20-13(23-21-14)7-10-19-15(22)16(18)8-1-2-9-16/h3-6H,1-2,7-10,18H2,(H,19,22). The lowest BCUT2D eigenvalue weighted by Gasteiger charge is -2.21. The van der Waals surface area contributed by atoms with Gasteiger partial charge in [-0.15, -0.1) is 0 Å². The Kier molecular flexibility index (Phi) is 4.63. The fourth-order valence-electron chi connectivity index (χ4n) is 2.76. The highest BCUT2D eigenvalue weighted by Crippen LogP contribution is 2.27. The van der Waals surface area contributed by atoms with Gasteiger partial charge in [-0.1, -0.05) is 29.6 Å². The molecule has 1 heterocycles. The van der Waals surface area contributed by atoms with Gasteiger partial charge in [0.25, 0.3) is 0 Å². The van der Waals surface area contributed by atoms with Gasteiger partial charge >= 0.3 is 0 Å². The lowest BCUT2D eigenvalue weighted by atomic mass is 9.98. The Morgan fingerprint density at radius 3 is 2.70 bits per heavy atom. The third-order valence-corrected chi connectivity index (χ3v) is 4.39. The maximum absolute atomic E-state index is 12.1. The molecular weight excluding hydrogens is 316 g/mol. The van der Waals surface area contributed by atoms with Gasteiger partial charge < -0.3 is 15.6 Å². The molecule has 0 spiro atoms. The Balaban J connectivity index is 1.53. The number of carbonyl (C=O) groups excluding carboxylic acids is 1. The summed E-state index contributed by atoms with van der Waals surface area (Å²) in [5.74, 6) is 0.897. The van der Waals surface area contributed by atoms with Gasteiger partial charge in [-0.2, -0.15) is 4.98 Å². The van der Waals surface area contributed by atoms with E-state index in [-0.39, 0.29) is 5.91 Å². The van der Waals surface area contributed by atoms with E-state index in [0.29, 0.717) is 29.7 Å². The zero-order valence-electron chi connectivity index (χ0n) is 12.7. The van der Waals surface area contributed by atoms with Gasteiger partial charge in [0.1, 0.15) is 0 Å². The zero-order chi connectivity index (χ0) is 16.3. The Labute approximate surface area is 139 Å². The number of aromatic nitrogens is 2. The van der Waals surface area contributed by atoms with Crippen molar-refractivity contribution in [2.45, 2.75) is 37.6 Å². The normalized spacial score (nSPS) is 16.4. The van der Waals surface area contributed by atoms with Crippen LogP contribution in [0, 0.1) is 0 Å². The molecule has 0 saturated heterocycles. The number of hydrogen-bond donors (Lipinski definition) is 2. The molecule has 7 heteroatoms. The van der Waals surface area contributed by atoms with Crippen LogP contribution in [0.4, 0.5) is 0 Å². The maximum Gasteiger partial charge on any atom is 0.240 e. The number of hydrogen-bond acceptors (Lipinski definition) is 5. The van der Waals surface area contributed by atoms with Crippen molar-refractivity contribution in [2.24, 2.45) is 5.73 Å². The van der Waals surface area contributed by atoms with Crippen LogP contribution >= 0.6 is 11.6 Å². The quantitative estimate of drug-likeness (QED) is 0.875. The van der Waals surface area contributed by atoms with E-state index >= 15 is 0 Å². The molecule has 2 aromatic rings. The zero-order valence-corrected chi connectivity index (χ0v) is 13.5. The molecule has 6 nitrogen and oxygen atoms in total. The third kappa shape index (κ3) is 3.71. The first-order chi connectivity index (χ1) is 11.1.